The molecule has 0 heterocycles. The van der Waals surface area contributed by atoms with E-state index in [0.717, 1.165) is 38.5 Å². The molecule has 0 aliphatic heterocycles. The molecule has 2 N–H and O–H groups in total. The molecule has 1 fully saturated rings. The van der Waals surface area contributed by atoms with Gasteiger partial charge in [0.15, 0.2) is 0 Å². The highest BCUT2D eigenvalue weighted by molar-refractivity contribution is 5.26. The Morgan fingerprint density at radius 2 is 2.09 bits per heavy atom. The van der Waals surface area contributed by atoms with E-state index in [-0.39, 0.29) is 11.5 Å². The molecular formula is C20H34O2. The van der Waals surface area contributed by atoms with Crippen LogP contribution in [0.4, 0.5) is 0 Å². The van der Waals surface area contributed by atoms with Gasteiger partial charge >= 0.3 is 0 Å². The second-order valence-electron chi connectivity index (χ2n) is 7.73. The SMILES string of the molecule is CCC(O)(C=CC[C@@H](C)C1=CC[C@H]2[C@@H](O)CCC[C@]12C)CC. The lowest BCUT2D eigenvalue weighted by atomic mass is 9.63. The van der Waals surface area contributed by atoms with E-state index in [4.69, 9.17) is 0 Å². The lowest BCUT2D eigenvalue weighted by Gasteiger charge is -2.43. The number of allylic oxidation sites excluding steroid dienone is 3. The van der Waals surface area contributed by atoms with Crippen LogP contribution in [0.5, 0.6) is 0 Å². The molecule has 0 bridgehead atoms. The van der Waals surface area contributed by atoms with Crippen LogP contribution in [0.3, 0.4) is 0 Å². The maximum absolute atomic E-state index is 10.3. The lowest BCUT2D eigenvalue weighted by Crippen LogP contribution is -2.39. The van der Waals surface area contributed by atoms with Gasteiger partial charge in [0.05, 0.1) is 11.7 Å². The van der Waals surface area contributed by atoms with Crippen LogP contribution in [-0.2, 0) is 0 Å². The van der Waals surface area contributed by atoms with E-state index in [2.05, 4.69) is 26.0 Å². The summed E-state index contributed by atoms with van der Waals surface area (Å²) in [6, 6.07) is 0. The molecule has 0 saturated heterocycles. The van der Waals surface area contributed by atoms with Crippen molar-refractivity contribution in [2.75, 3.05) is 0 Å². The molecular weight excluding hydrogens is 272 g/mol. The highest BCUT2D eigenvalue weighted by atomic mass is 16.3. The first-order valence-electron chi connectivity index (χ1n) is 9.15. The Labute approximate surface area is 136 Å². The minimum absolute atomic E-state index is 0.125. The van der Waals surface area contributed by atoms with Gasteiger partial charge in [-0.15, -0.1) is 0 Å². The predicted molar refractivity (Wildman–Crippen MR) is 92.6 cm³/mol. The quantitative estimate of drug-likeness (QED) is 0.703. The maximum atomic E-state index is 10.3. The Morgan fingerprint density at radius 1 is 1.41 bits per heavy atom. The van der Waals surface area contributed by atoms with Crippen LogP contribution in [0.25, 0.3) is 0 Å². The number of hydrogen-bond donors (Lipinski definition) is 2. The zero-order chi connectivity index (χ0) is 16.4. The summed E-state index contributed by atoms with van der Waals surface area (Å²) >= 11 is 0. The topological polar surface area (TPSA) is 40.5 Å². The molecule has 0 amide bonds. The van der Waals surface area contributed by atoms with Crippen LogP contribution in [0, 0.1) is 17.3 Å². The third-order valence-electron chi connectivity index (χ3n) is 6.40. The Balaban J connectivity index is 2.01. The average molecular weight is 306 g/mol. The second-order valence-corrected chi connectivity index (χ2v) is 7.73. The van der Waals surface area contributed by atoms with Crippen LogP contribution in [-0.4, -0.2) is 21.9 Å². The van der Waals surface area contributed by atoms with E-state index >= 15 is 0 Å². The minimum Gasteiger partial charge on any atom is -0.393 e. The summed E-state index contributed by atoms with van der Waals surface area (Å²) in [5, 5.41) is 20.7. The lowest BCUT2D eigenvalue weighted by molar-refractivity contribution is 0.00804. The summed E-state index contributed by atoms with van der Waals surface area (Å²) in [7, 11) is 0. The van der Waals surface area contributed by atoms with Gasteiger partial charge in [0.2, 0.25) is 0 Å². The summed E-state index contributed by atoms with van der Waals surface area (Å²) in [6.07, 6.45) is 13.3. The molecule has 126 valence electrons. The van der Waals surface area contributed by atoms with E-state index in [1.54, 1.807) is 0 Å². The molecule has 0 aromatic rings. The van der Waals surface area contributed by atoms with Crippen LogP contribution < -0.4 is 0 Å². The molecule has 22 heavy (non-hydrogen) atoms. The number of rotatable bonds is 6. The van der Waals surface area contributed by atoms with Gasteiger partial charge in [0.1, 0.15) is 0 Å². The van der Waals surface area contributed by atoms with Crippen molar-refractivity contribution in [3.8, 4) is 0 Å². The van der Waals surface area contributed by atoms with Crippen LogP contribution in [0.1, 0.15) is 72.6 Å². The van der Waals surface area contributed by atoms with Crippen molar-refractivity contribution in [1.82, 2.24) is 0 Å². The van der Waals surface area contributed by atoms with E-state index in [0.29, 0.717) is 11.8 Å². The van der Waals surface area contributed by atoms with Crippen molar-refractivity contribution in [2.45, 2.75) is 84.3 Å². The van der Waals surface area contributed by atoms with Gasteiger partial charge < -0.3 is 10.2 Å². The first-order valence-corrected chi connectivity index (χ1v) is 9.15. The van der Waals surface area contributed by atoms with E-state index in [9.17, 15) is 10.2 Å². The molecule has 0 radical (unpaired) electrons. The summed E-state index contributed by atoms with van der Waals surface area (Å²) in [4.78, 5) is 0. The van der Waals surface area contributed by atoms with Crippen molar-refractivity contribution in [2.24, 2.45) is 17.3 Å². The summed E-state index contributed by atoms with van der Waals surface area (Å²) in [6.45, 7) is 8.72. The first-order chi connectivity index (χ1) is 10.4. The van der Waals surface area contributed by atoms with Gasteiger partial charge in [0.25, 0.3) is 0 Å². The molecule has 2 aliphatic rings. The third-order valence-corrected chi connectivity index (χ3v) is 6.40. The minimum atomic E-state index is -0.642. The highest BCUT2D eigenvalue weighted by Crippen LogP contribution is 2.55. The first kappa shape index (κ1) is 17.7. The molecule has 4 atom stereocenters. The van der Waals surface area contributed by atoms with Crippen LogP contribution in [0.2, 0.25) is 0 Å². The van der Waals surface area contributed by atoms with Gasteiger partial charge in [-0.05, 0) is 62.2 Å². The van der Waals surface area contributed by atoms with Crippen molar-refractivity contribution in [3.05, 3.63) is 23.8 Å². The van der Waals surface area contributed by atoms with E-state index < -0.39 is 5.60 Å². The zero-order valence-electron chi connectivity index (χ0n) is 14.8. The normalized spacial score (nSPS) is 33.8. The number of hydrogen-bond acceptors (Lipinski definition) is 2. The largest absolute Gasteiger partial charge is 0.393 e. The van der Waals surface area contributed by atoms with Crippen molar-refractivity contribution in [1.29, 1.82) is 0 Å². The molecule has 0 aromatic heterocycles. The summed E-state index contributed by atoms with van der Waals surface area (Å²) in [5.74, 6) is 0.917. The Kier molecular flexibility index (Phi) is 5.55. The van der Waals surface area contributed by atoms with Crippen molar-refractivity contribution in [3.63, 3.8) is 0 Å². The van der Waals surface area contributed by atoms with E-state index in [1.807, 2.05) is 19.9 Å². The molecule has 2 aliphatic carbocycles. The molecule has 2 rings (SSSR count). The van der Waals surface area contributed by atoms with Gasteiger partial charge in [-0.25, -0.2) is 0 Å². The number of fused-ring (bicyclic) bond motifs is 1. The number of aliphatic hydroxyl groups excluding tert-OH is 1. The molecule has 0 aromatic carbocycles. The average Bonchev–Trinajstić information content (AvgIpc) is 2.85. The van der Waals surface area contributed by atoms with E-state index in [1.165, 1.54) is 12.0 Å². The van der Waals surface area contributed by atoms with Crippen molar-refractivity contribution < 1.29 is 10.2 Å². The van der Waals surface area contributed by atoms with Gasteiger partial charge in [0, 0.05) is 0 Å². The Morgan fingerprint density at radius 3 is 2.73 bits per heavy atom. The standard InChI is InChI=1S/C20H34O2/c1-5-20(22,6-2)14-7-9-15(3)16-11-12-17-18(21)10-8-13-19(16,17)4/h7,11,14-15,17-18,21-22H,5-6,8-10,12-13H2,1-4H3/t15-,17+,18+,19-/m1/s1. The Hall–Kier alpha value is -0.600. The fourth-order valence-corrected chi connectivity index (χ4v) is 4.62. The Bertz CT molecular complexity index is 433. The monoisotopic (exact) mass is 306 g/mol. The number of aliphatic hydroxyl groups is 2. The predicted octanol–water partition coefficient (Wildman–Crippen LogP) is 4.62. The van der Waals surface area contributed by atoms with Gasteiger partial charge in [-0.3, -0.25) is 0 Å². The van der Waals surface area contributed by atoms with Gasteiger partial charge in [-0.1, -0.05) is 51.5 Å². The summed E-state index contributed by atoms with van der Waals surface area (Å²) < 4.78 is 0. The van der Waals surface area contributed by atoms with Crippen LogP contribution in [0.15, 0.2) is 23.8 Å². The highest BCUT2D eigenvalue weighted by Gasteiger charge is 2.47. The maximum Gasteiger partial charge on any atom is 0.0822 e. The molecule has 2 heteroatoms. The zero-order valence-corrected chi connectivity index (χ0v) is 14.8. The molecule has 2 nitrogen and oxygen atoms in total. The third kappa shape index (κ3) is 3.33. The van der Waals surface area contributed by atoms with Crippen LogP contribution >= 0.6 is 0 Å². The molecule has 0 unspecified atom stereocenters. The fourth-order valence-electron chi connectivity index (χ4n) is 4.62. The van der Waals surface area contributed by atoms with Gasteiger partial charge in [-0.2, -0.15) is 0 Å². The smallest absolute Gasteiger partial charge is 0.0822 e. The van der Waals surface area contributed by atoms with Crippen molar-refractivity contribution >= 4 is 0 Å². The molecule has 0 spiro atoms. The second kappa shape index (κ2) is 6.88. The molecule has 1 saturated carbocycles. The summed E-state index contributed by atoms with van der Waals surface area (Å²) in [5.41, 5.74) is 1.09. The fraction of sp³-hybridized carbons (Fsp3) is 0.800.